The van der Waals surface area contributed by atoms with Crippen LogP contribution in [0.1, 0.15) is 0 Å². The number of morpholine rings is 1. The molecule has 0 amide bonds. The van der Waals surface area contributed by atoms with Crippen molar-refractivity contribution in [2.75, 3.05) is 51.3 Å². The average molecular weight is 296 g/mol. The molecule has 1 saturated heterocycles. The smallest absolute Gasteiger partial charge is 0.173 e. The standard InChI is InChI=1S/C14H21N3O2S/c1-16(12-2-4-13(18)5-3-12)14(20)15-6-7-17-8-10-19-11-9-17/h2-5,18H,6-11H2,1H3,(H,15,20)/p+1. The van der Waals surface area contributed by atoms with Crippen molar-refractivity contribution in [3.05, 3.63) is 24.3 Å². The van der Waals surface area contributed by atoms with E-state index in [1.807, 2.05) is 24.1 Å². The number of anilines is 1. The Morgan fingerprint density at radius 1 is 1.35 bits per heavy atom. The van der Waals surface area contributed by atoms with Crippen LogP contribution in [-0.2, 0) is 4.74 Å². The van der Waals surface area contributed by atoms with Crippen LogP contribution in [0.15, 0.2) is 24.3 Å². The third kappa shape index (κ3) is 4.33. The van der Waals surface area contributed by atoms with Crippen molar-refractivity contribution < 1.29 is 14.7 Å². The van der Waals surface area contributed by atoms with Gasteiger partial charge in [-0.1, -0.05) is 0 Å². The third-order valence-corrected chi connectivity index (χ3v) is 3.91. The highest BCUT2D eigenvalue weighted by Gasteiger charge is 2.13. The SMILES string of the molecule is CN(C(=S)NCC[NH+]1CCOCC1)c1ccc(O)cc1. The number of hydrogen-bond acceptors (Lipinski definition) is 3. The number of benzene rings is 1. The van der Waals surface area contributed by atoms with Crippen molar-refractivity contribution in [2.24, 2.45) is 0 Å². The van der Waals surface area contributed by atoms with Gasteiger partial charge in [-0.2, -0.15) is 0 Å². The van der Waals surface area contributed by atoms with E-state index < -0.39 is 0 Å². The fraction of sp³-hybridized carbons (Fsp3) is 0.500. The van der Waals surface area contributed by atoms with Gasteiger partial charge in [0.15, 0.2) is 5.11 Å². The van der Waals surface area contributed by atoms with Gasteiger partial charge in [-0.25, -0.2) is 0 Å². The van der Waals surface area contributed by atoms with Crippen LogP contribution in [0.25, 0.3) is 0 Å². The summed E-state index contributed by atoms with van der Waals surface area (Å²) in [5.74, 6) is 0.261. The van der Waals surface area contributed by atoms with Gasteiger partial charge in [-0.05, 0) is 36.5 Å². The maximum atomic E-state index is 9.28. The van der Waals surface area contributed by atoms with Gasteiger partial charge in [0.2, 0.25) is 0 Å². The molecule has 1 fully saturated rings. The van der Waals surface area contributed by atoms with E-state index in [9.17, 15) is 5.11 Å². The topological polar surface area (TPSA) is 49.2 Å². The minimum Gasteiger partial charge on any atom is -0.508 e. The predicted octanol–water partition coefficient (Wildman–Crippen LogP) is -0.382. The fourth-order valence-corrected chi connectivity index (χ4v) is 2.38. The molecule has 20 heavy (non-hydrogen) atoms. The number of hydrogen-bond donors (Lipinski definition) is 3. The molecule has 0 saturated carbocycles. The molecule has 0 radical (unpaired) electrons. The van der Waals surface area contributed by atoms with Gasteiger partial charge in [0.25, 0.3) is 0 Å². The highest BCUT2D eigenvalue weighted by molar-refractivity contribution is 7.80. The monoisotopic (exact) mass is 296 g/mol. The number of nitrogens with one attached hydrogen (secondary N) is 2. The van der Waals surface area contributed by atoms with Crippen LogP contribution in [-0.4, -0.2) is 56.7 Å². The van der Waals surface area contributed by atoms with Gasteiger partial charge < -0.3 is 25.0 Å². The first-order chi connectivity index (χ1) is 9.66. The Kier molecular flexibility index (Phi) is 5.58. The molecule has 5 nitrogen and oxygen atoms in total. The molecule has 3 N–H and O–H groups in total. The van der Waals surface area contributed by atoms with Crippen LogP contribution in [0.4, 0.5) is 5.69 Å². The Morgan fingerprint density at radius 2 is 2.00 bits per heavy atom. The van der Waals surface area contributed by atoms with Crippen molar-refractivity contribution in [1.29, 1.82) is 0 Å². The summed E-state index contributed by atoms with van der Waals surface area (Å²) in [7, 11) is 1.92. The Labute approximate surface area is 125 Å². The summed E-state index contributed by atoms with van der Waals surface area (Å²) in [6, 6.07) is 7.01. The first-order valence-electron chi connectivity index (χ1n) is 6.89. The Hall–Kier alpha value is -1.37. The van der Waals surface area contributed by atoms with E-state index in [4.69, 9.17) is 17.0 Å². The zero-order valence-electron chi connectivity index (χ0n) is 11.8. The molecule has 110 valence electrons. The second-order valence-electron chi connectivity index (χ2n) is 4.92. The number of nitrogens with zero attached hydrogens (tertiary/aromatic N) is 1. The quantitative estimate of drug-likeness (QED) is 0.661. The normalized spacial score (nSPS) is 15.8. The van der Waals surface area contributed by atoms with Crippen molar-refractivity contribution in [3.63, 3.8) is 0 Å². The molecule has 0 aromatic heterocycles. The highest BCUT2D eigenvalue weighted by Crippen LogP contribution is 2.16. The molecular formula is C14H22N3O2S+. The summed E-state index contributed by atoms with van der Waals surface area (Å²) in [4.78, 5) is 3.46. The summed E-state index contributed by atoms with van der Waals surface area (Å²) in [6.45, 7) is 5.76. The number of rotatable bonds is 4. The zero-order valence-corrected chi connectivity index (χ0v) is 12.6. The summed E-state index contributed by atoms with van der Waals surface area (Å²) >= 11 is 5.38. The molecule has 0 spiro atoms. The predicted molar refractivity (Wildman–Crippen MR) is 83.5 cm³/mol. The fourth-order valence-electron chi connectivity index (χ4n) is 2.17. The first kappa shape index (κ1) is 15.0. The molecule has 0 aliphatic carbocycles. The van der Waals surface area contributed by atoms with Crippen molar-refractivity contribution in [2.45, 2.75) is 0 Å². The number of phenolic OH excluding ortho intramolecular Hbond substituents is 1. The van der Waals surface area contributed by atoms with E-state index in [-0.39, 0.29) is 5.75 Å². The average Bonchev–Trinajstić information content (AvgIpc) is 2.48. The third-order valence-electron chi connectivity index (χ3n) is 3.50. The second kappa shape index (κ2) is 7.42. The molecule has 1 aromatic rings. The Balaban J connectivity index is 1.74. The van der Waals surface area contributed by atoms with Gasteiger partial charge >= 0.3 is 0 Å². The summed E-state index contributed by atoms with van der Waals surface area (Å²) in [5.41, 5.74) is 0.957. The number of aromatic hydroxyl groups is 1. The van der Waals surface area contributed by atoms with Crippen LogP contribution in [0.5, 0.6) is 5.75 Å². The molecule has 0 unspecified atom stereocenters. The molecule has 1 aliphatic rings. The summed E-state index contributed by atoms with van der Waals surface area (Å²) in [5, 5.41) is 13.3. The van der Waals surface area contributed by atoms with E-state index in [0.717, 1.165) is 45.1 Å². The molecule has 0 bridgehead atoms. The van der Waals surface area contributed by atoms with Gasteiger partial charge in [0.1, 0.15) is 18.8 Å². The Bertz CT molecular complexity index is 433. The molecule has 1 aliphatic heterocycles. The van der Waals surface area contributed by atoms with E-state index in [1.165, 1.54) is 0 Å². The lowest BCUT2D eigenvalue weighted by Crippen LogP contribution is -3.14. The first-order valence-corrected chi connectivity index (χ1v) is 7.29. The van der Waals surface area contributed by atoms with Gasteiger partial charge in [0, 0.05) is 12.7 Å². The second-order valence-corrected chi connectivity index (χ2v) is 5.31. The van der Waals surface area contributed by atoms with Crippen LogP contribution in [0.3, 0.4) is 0 Å². The van der Waals surface area contributed by atoms with E-state index >= 15 is 0 Å². The van der Waals surface area contributed by atoms with Crippen molar-refractivity contribution in [1.82, 2.24) is 5.32 Å². The molecular weight excluding hydrogens is 274 g/mol. The van der Waals surface area contributed by atoms with Crippen LogP contribution in [0.2, 0.25) is 0 Å². The lowest BCUT2D eigenvalue weighted by atomic mass is 10.3. The van der Waals surface area contributed by atoms with E-state index in [2.05, 4.69) is 5.32 Å². The Morgan fingerprint density at radius 3 is 2.65 bits per heavy atom. The van der Waals surface area contributed by atoms with Gasteiger partial charge in [0.05, 0.1) is 26.3 Å². The zero-order chi connectivity index (χ0) is 14.4. The highest BCUT2D eigenvalue weighted by atomic mass is 32.1. The molecule has 0 atom stereocenters. The number of quaternary nitrogens is 1. The largest absolute Gasteiger partial charge is 0.508 e. The maximum absolute atomic E-state index is 9.28. The van der Waals surface area contributed by atoms with Crippen molar-refractivity contribution >= 4 is 23.0 Å². The van der Waals surface area contributed by atoms with E-state index in [0.29, 0.717) is 5.11 Å². The molecule has 1 aromatic carbocycles. The van der Waals surface area contributed by atoms with Gasteiger partial charge in [-0.3, -0.25) is 0 Å². The minimum atomic E-state index is 0.261. The van der Waals surface area contributed by atoms with Crippen LogP contribution in [0, 0.1) is 0 Å². The van der Waals surface area contributed by atoms with Crippen LogP contribution >= 0.6 is 12.2 Å². The summed E-state index contributed by atoms with van der Waals surface area (Å²) in [6.07, 6.45) is 0. The lowest BCUT2D eigenvalue weighted by molar-refractivity contribution is -0.906. The minimum absolute atomic E-state index is 0.261. The number of ether oxygens (including phenoxy) is 1. The molecule has 6 heteroatoms. The molecule has 2 rings (SSSR count). The molecule has 1 heterocycles. The van der Waals surface area contributed by atoms with Gasteiger partial charge in [-0.15, -0.1) is 0 Å². The number of thiocarbonyl (C=S) groups is 1. The number of phenols is 1. The maximum Gasteiger partial charge on any atom is 0.173 e. The lowest BCUT2D eigenvalue weighted by Gasteiger charge is -2.25. The van der Waals surface area contributed by atoms with E-state index in [1.54, 1.807) is 17.0 Å². The van der Waals surface area contributed by atoms with Crippen LogP contribution < -0.4 is 15.1 Å². The van der Waals surface area contributed by atoms with Crippen molar-refractivity contribution in [3.8, 4) is 5.75 Å². The summed E-state index contributed by atoms with van der Waals surface area (Å²) < 4.78 is 5.34.